The minimum Gasteiger partial charge on any atom is -0.456 e. The van der Waals surface area contributed by atoms with E-state index in [1.54, 1.807) is 0 Å². The van der Waals surface area contributed by atoms with Gasteiger partial charge in [-0.05, 0) is 130 Å². The van der Waals surface area contributed by atoms with Gasteiger partial charge in [0, 0.05) is 49.1 Å². The number of rotatable bonds is 4. The second-order valence-corrected chi connectivity index (χ2v) is 17.9. The maximum atomic E-state index is 6.26. The summed E-state index contributed by atoms with van der Waals surface area (Å²) >= 11 is 0. The van der Waals surface area contributed by atoms with Gasteiger partial charge in [0.05, 0.1) is 22.1 Å². The average molecular weight is 807 g/mol. The van der Waals surface area contributed by atoms with Crippen LogP contribution < -0.4 is 0 Å². The lowest BCUT2D eigenvalue weighted by atomic mass is 9.68. The van der Waals surface area contributed by atoms with Crippen LogP contribution in [0.1, 0.15) is 43.2 Å². The minimum absolute atomic E-state index is 0.0753. The SMILES string of the molecule is c1ccc(-c2ccc(-n3c4ccc(-c5ccc6c7ccccc7n(-c7ccc8oc9ccccc9c8c7)c6c5)cc4c4cc5c(cc43)-c3ccccc3C53CCCCC3)cc2)cc1. The van der Waals surface area contributed by atoms with Crippen molar-refractivity contribution in [3.05, 3.63) is 205 Å². The molecule has 1 spiro atoms. The summed E-state index contributed by atoms with van der Waals surface area (Å²) in [5, 5.41) is 7.38. The monoisotopic (exact) mass is 806 g/mol. The van der Waals surface area contributed by atoms with Crippen molar-refractivity contribution >= 4 is 65.6 Å². The summed E-state index contributed by atoms with van der Waals surface area (Å²) in [6, 6.07) is 72.2. The van der Waals surface area contributed by atoms with E-state index in [4.69, 9.17) is 4.42 Å². The molecule has 0 amide bonds. The van der Waals surface area contributed by atoms with Gasteiger partial charge in [-0.25, -0.2) is 0 Å². The lowest BCUT2D eigenvalue weighted by molar-refractivity contribution is 0.353. The number of fused-ring (bicyclic) bond motifs is 14. The summed E-state index contributed by atoms with van der Waals surface area (Å²) in [5.74, 6) is 0. The van der Waals surface area contributed by atoms with Crippen molar-refractivity contribution in [2.45, 2.75) is 37.5 Å². The number of hydrogen-bond acceptors (Lipinski definition) is 1. The molecule has 0 saturated heterocycles. The lowest BCUT2D eigenvalue weighted by Crippen LogP contribution is -2.27. The molecule has 9 aromatic carbocycles. The number of nitrogens with zero attached hydrogens (tertiary/aromatic N) is 2. The fourth-order valence-corrected chi connectivity index (χ4v) is 11.8. The third kappa shape index (κ3) is 5.02. The van der Waals surface area contributed by atoms with E-state index in [-0.39, 0.29) is 5.41 Å². The van der Waals surface area contributed by atoms with Crippen LogP contribution in [0.15, 0.2) is 199 Å². The predicted octanol–water partition coefficient (Wildman–Crippen LogP) is 16.3. The summed E-state index contributed by atoms with van der Waals surface area (Å²) in [6.45, 7) is 0. The summed E-state index contributed by atoms with van der Waals surface area (Å²) in [7, 11) is 0. The predicted molar refractivity (Wildman–Crippen MR) is 263 cm³/mol. The van der Waals surface area contributed by atoms with Crippen molar-refractivity contribution < 1.29 is 4.42 Å². The third-order valence-electron chi connectivity index (χ3n) is 14.7. The first kappa shape index (κ1) is 35.0. The van der Waals surface area contributed by atoms with Crippen LogP contribution in [0.2, 0.25) is 0 Å². The molecule has 0 unspecified atom stereocenters. The first-order valence-electron chi connectivity index (χ1n) is 22.5. The van der Waals surface area contributed by atoms with Gasteiger partial charge >= 0.3 is 0 Å². The lowest BCUT2D eigenvalue weighted by Gasteiger charge is -2.36. The average Bonchev–Trinajstić information content (AvgIpc) is 4.06. The first-order valence-corrected chi connectivity index (χ1v) is 22.5. The van der Waals surface area contributed by atoms with Crippen molar-refractivity contribution in [1.29, 1.82) is 0 Å². The molecule has 0 radical (unpaired) electrons. The molecule has 298 valence electrons. The number of para-hydroxylation sites is 2. The molecule has 14 rings (SSSR count). The third-order valence-corrected chi connectivity index (χ3v) is 14.7. The Balaban J connectivity index is 0.989. The number of hydrogen-bond donors (Lipinski definition) is 0. The van der Waals surface area contributed by atoms with Gasteiger partial charge in [-0.2, -0.15) is 0 Å². The first-order chi connectivity index (χ1) is 31.2. The highest BCUT2D eigenvalue weighted by Crippen LogP contribution is 2.57. The molecule has 1 fully saturated rings. The molecule has 3 nitrogen and oxygen atoms in total. The molecule has 2 aliphatic rings. The topological polar surface area (TPSA) is 23.0 Å². The Morgan fingerprint density at radius 2 is 0.952 bits per heavy atom. The molecule has 2 aliphatic carbocycles. The van der Waals surface area contributed by atoms with E-state index in [9.17, 15) is 0 Å². The van der Waals surface area contributed by atoms with Gasteiger partial charge in [-0.15, -0.1) is 0 Å². The van der Waals surface area contributed by atoms with Crippen LogP contribution in [0.3, 0.4) is 0 Å². The van der Waals surface area contributed by atoms with E-state index >= 15 is 0 Å². The summed E-state index contributed by atoms with van der Waals surface area (Å²) in [4.78, 5) is 0. The van der Waals surface area contributed by atoms with Gasteiger partial charge in [-0.3, -0.25) is 0 Å². The quantitative estimate of drug-likeness (QED) is 0.174. The van der Waals surface area contributed by atoms with Crippen LogP contribution in [-0.4, -0.2) is 9.13 Å². The highest BCUT2D eigenvalue weighted by Gasteiger charge is 2.44. The van der Waals surface area contributed by atoms with Crippen LogP contribution >= 0.6 is 0 Å². The molecule has 63 heavy (non-hydrogen) atoms. The molecule has 3 aromatic heterocycles. The normalized spacial score (nSPS) is 14.5. The number of aromatic nitrogens is 2. The molecule has 1 saturated carbocycles. The highest BCUT2D eigenvalue weighted by atomic mass is 16.3. The molecule has 0 N–H and O–H groups in total. The van der Waals surface area contributed by atoms with E-state index in [2.05, 4.69) is 197 Å². The van der Waals surface area contributed by atoms with E-state index in [0.29, 0.717) is 0 Å². The van der Waals surface area contributed by atoms with Crippen molar-refractivity contribution in [3.63, 3.8) is 0 Å². The van der Waals surface area contributed by atoms with Gasteiger partial charge in [0.15, 0.2) is 0 Å². The Labute approximate surface area is 365 Å². The number of furan rings is 1. The Morgan fingerprint density at radius 1 is 0.333 bits per heavy atom. The van der Waals surface area contributed by atoms with Crippen molar-refractivity contribution in [3.8, 4) is 44.8 Å². The van der Waals surface area contributed by atoms with Crippen LogP contribution in [0.4, 0.5) is 0 Å². The largest absolute Gasteiger partial charge is 0.456 e. The Kier molecular flexibility index (Phi) is 7.33. The van der Waals surface area contributed by atoms with Crippen LogP contribution in [0, 0.1) is 0 Å². The van der Waals surface area contributed by atoms with E-state index in [0.717, 1.165) is 27.6 Å². The summed E-state index contributed by atoms with van der Waals surface area (Å²) < 4.78 is 11.2. The highest BCUT2D eigenvalue weighted by molar-refractivity contribution is 6.14. The minimum atomic E-state index is 0.0753. The number of benzene rings is 9. The smallest absolute Gasteiger partial charge is 0.135 e. The molecule has 0 bridgehead atoms. The zero-order valence-corrected chi connectivity index (χ0v) is 34.8. The van der Waals surface area contributed by atoms with Gasteiger partial charge in [0.25, 0.3) is 0 Å². The van der Waals surface area contributed by atoms with Crippen LogP contribution in [0.5, 0.6) is 0 Å². The maximum absolute atomic E-state index is 6.26. The van der Waals surface area contributed by atoms with Crippen molar-refractivity contribution in [2.75, 3.05) is 0 Å². The van der Waals surface area contributed by atoms with E-state index in [1.165, 1.54) is 126 Å². The summed E-state index contributed by atoms with van der Waals surface area (Å²) in [6.07, 6.45) is 6.30. The molecule has 3 heteroatoms. The fourth-order valence-electron chi connectivity index (χ4n) is 11.8. The van der Waals surface area contributed by atoms with E-state index in [1.807, 2.05) is 6.07 Å². The molecule has 3 heterocycles. The Bertz CT molecular complexity index is 3820. The van der Waals surface area contributed by atoms with Gasteiger partial charge < -0.3 is 13.6 Å². The Morgan fingerprint density at radius 3 is 1.84 bits per heavy atom. The van der Waals surface area contributed by atoms with E-state index < -0.39 is 0 Å². The molecule has 0 atom stereocenters. The van der Waals surface area contributed by atoms with Crippen molar-refractivity contribution in [1.82, 2.24) is 9.13 Å². The zero-order chi connectivity index (χ0) is 41.2. The van der Waals surface area contributed by atoms with Crippen LogP contribution in [-0.2, 0) is 5.41 Å². The Hall–Kier alpha value is -7.62. The van der Waals surface area contributed by atoms with Crippen molar-refractivity contribution in [2.24, 2.45) is 0 Å². The van der Waals surface area contributed by atoms with Crippen LogP contribution in [0.25, 0.3) is 110 Å². The summed E-state index contributed by atoms with van der Waals surface area (Å²) in [5.41, 5.74) is 19.8. The fraction of sp³-hybridized carbons (Fsp3) is 0.100. The van der Waals surface area contributed by atoms with Gasteiger partial charge in [-0.1, -0.05) is 141 Å². The maximum Gasteiger partial charge on any atom is 0.135 e. The second kappa shape index (κ2) is 13.2. The van der Waals surface area contributed by atoms with Gasteiger partial charge in [0.2, 0.25) is 0 Å². The molecular formula is C60H42N2O. The second-order valence-electron chi connectivity index (χ2n) is 17.9. The standard InChI is InChI=1S/C60H42N2O/c1-3-13-38(14-4-1)39-21-25-42(26-22-39)61-55-29-24-40(33-49(55)50-36-53-48(37-57(50)61)44-15-5-8-18-52(44)60(53)31-11-2-12-32-60)41-23-28-46-45-16-6-9-19-54(45)62(56(46)34-41)43-27-30-59-51(35-43)47-17-7-10-20-58(47)63-59/h1,3-10,13-30,33-37H,2,11-12,31-32H2. The molecular weight excluding hydrogens is 765 g/mol. The molecule has 0 aliphatic heterocycles. The van der Waals surface area contributed by atoms with Gasteiger partial charge in [0.1, 0.15) is 11.2 Å². The molecule has 12 aromatic rings. The zero-order valence-electron chi connectivity index (χ0n) is 34.8.